The molecule has 2 rings (SSSR count). The Morgan fingerprint density at radius 1 is 1.37 bits per heavy atom. The minimum Gasteiger partial charge on any atom is -0.490 e. The predicted molar refractivity (Wildman–Crippen MR) is 77.4 cm³/mol. The van der Waals surface area contributed by atoms with Gasteiger partial charge in [0.2, 0.25) is 0 Å². The summed E-state index contributed by atoms with van der Waals surface area (Å²) in [5, 5.41) is 3.52. The zero-order valence-electron chi connectivity index (χ0n) is 12.1. The lowest BCUT2D eigenvalue weighted by Gasteiger charge is -2.18. The molecule has 1 heterocycles. The van der Waals surface area contributed by atoms with Crippen LogP contribution in [0.3, 0.4) is 0 Å². The van der Waals surface area contributed by atoms with Crippen molar-refractivity contribution in [1.82, 2.24) is 15.2 Å². The lowest BCUT2D eigenvalue weighted by Crippen LogP contribution is -2.28. The average molecular weight is 263 g/mol. The van der Waals surface area contributed by atoms with Gasteiger partial charge in [0.1, 0.15) is 12.4 Å². The fourth-order valence-corrected chi connectivity index (χ4v) is 2.05. The van der Waals surface area contributed by atoms with E-state index in [0.29, 0.717) is 0 Å². The van der Waals surface area contributed by atoms with Crippen LogP contribution in [0.4, 0.5) is 0 Å². The Morgan fingerprint density at radius 2 is 2.16 bits per heavy atom. The molecule has 1 fully saturated rings. The average Bonchev–Trinajstić information content (AvgIpc) is 3.26. The molecule has 0 aliphatic heterocycles. The second-order valence-electron chi connectivity index (χ2n) is 5.01. The topological polar surface area (TPSA) is 37.4 Å². The SMILES string of the molecule is CCN(CC)CCOc1cnccc1CNC1CC1. The van der Waals surface area contributed by atoms with Crippen LogP contribution >= 0.6 is 0 Å². The molecule has 0 bridgehead atoms. The lowest BCUT2D eigenvalue weighted by molar-refractivity contribution is 0.221. The van der Waals surface area contributed by atoms with E-state index in [2.05, 4.69) is 29.0 Å². The van der Waals surface area contributed by atoms with Gasteiger partial charge in [0.15, 0.2) is 0 Å². The minimum absolute atomic E-state index is 0.719. The number of hydrogen-bond donors (Lipinski definition) is 1. The molecule has 106 valence electrons. The third-order valence-corrected chi connectivity index (χ3v) is 3.59. The van der Waals surface area contributed by atoms with E-state index in [1.54, 1.807) is 0 Å². The van der Waals surface area contributed by atoms with Crippen LogP contribution in [0.2, 0.25) is 0 Å². The maximum absolute atomic E-state index is 5.88. The molecule has 4 nitrogen and oxygen atoms in total. The van der Waals surface area contributed by atoms with Gasteiger partial charge in [-0.05, 0) is 32.0 Å². The summed E-state index contributed by atoms with van der Waals surface area (Å²) in [7, 11) is 0. The first-order valence-electron chi connectivity index (χ1n) is 7.35. The number of rotatable bonds is 9. The molecule has 0 spiro atoms. The van der Waals surface area contributed by atoms with Gasteiger partial charge in [0.25, 0.3) is 0 Å². The van der Waals surface area contributed by atoms with Crippen LogP contribution in [0.15, 0.2) is 18.5 Å². The van der Waals surface area contributed by atoms with Crippen molar-refractivity contribution in [3.8, 4) is 5.75 Å². The van der Waals surface area contributed by atoms with E-state index in [4.69, 9.17) is 4.74 Å². The molecule has 1 aromatic rings. The summed E-state index contributed by atoms with van der Waals surface area (Å²) < 4.78 is 5.88. The molecule has 0 amide bonds. The molecule has 1 N–H and O–H groups in total. The molecular weight excluding hydrogens is 238 g/mol. The van der Waals surface area contributed by atoms with Crippen molar-refractivity contribution in [2.45, 2.75) is 39.3 Å². The predicted octanol–water partition coefficient (Wildman–Crippen LogP) is 2.05. The van der Waals surface area contributed by atoms with Gasteiger partial charge in [-0.2, -0.15) is 0 Å². The van der Waals surface area contributed by atoms with Gasteiger partial charge in [0.05, 0.1) is 6.20 Å². The van der Waals surface area contributed by atoms with Gasteiger partial charge >= 0.3 is 0 Å². The summed E-state index contributed by atoms with van der Waals surface area (Å²) in [6.07, 6.45) is 6.28. The molecule has 0 atom stereocenters. The number of aromatic nitrogens is 1. The normalized spacial score (nSPS) is 14.9. The van der Waals surface area contributed by atoms with Crippen molar-refractivity contribution in [2.75, 3.05) is 26.2 Å². The van der Waals surface area contributed by atoms with Crippen LogP contribution in [0, 0.1) is 0 Å². The number of nitrogens with one attached hydrogen (secondary N) is 1. The quantitative estimate of drug-likeness (QED) is 0.740. The van der Waals surface area contributed by atoms with Crippen molar-refractivity contribution >= 4 is 0 Å². The molecule has 0 saturated heterocycles. The Labute approximate surface area is 116 Å². The van der Waals surface area contributed by atoms with E-state index in [1.165, 1.54) is 18.4 Å². The molecule has 4 heteroatoms. The van der Waals surface area contributed by atoms with Gasteiger partial charge in [-0.15, -0.1) is 0 Å². The van der Waals surface area contributed by atoms with Gasteiger partial charge in [-0.1, -0.05) is 13.8 Å². The molecule has 1 aliphatic rings. The number of ether oxygens (including phenoxy) is 1. The second kappa shape index (κ2) is 7.46. The molecule has 1 saturated carbocycles. The van der Waals surface area contributed by atoms with Gasteiger partial charge in [-0.25, -0.2) is 0 Å². The van der Waals surface area contributed by atoms with Crippen molar-refractivity contribution in [3.05, 3.63) is 24.0 Å². The highest BCUT2D eigenvalue weighted by molar-refractivity contribution is 5.29. The van der Waals surface area contributed by atoms with Crippen LogP contribution < -0.4 is 10.1 Å². The van der Waals surface area contributed by atoms with Crippen LogP contribution in [0.1, 0.15) is 32.3 Å². The molecule has 0 aromatic carbocycles. The lowest BCUT2D eigenvalue weighted by atomic mass is 10.2. The number of nitrogens with zero attached hydrogens (tertiary/aromatic N) is 2. The standard InChI is InChI=1S/C15H25N3O/c1-3-18(4-2)9-10-19-15-12-16-8-7-13(15)11-17-14-5-6-14/h7-8,12,14,17H,3-6,9-11H2,1-2H3. The van der Waals surface area contributed by atoms with Crippen molar-refractivity contribution in [1.29, 1.82) is 0 Å². The van der Waals surface area contributed by atoms with Crippen molar-refractivity contribution in [3.63, 3.8) is 0 Å². The number of likely N-dealkylation sites (N-methyl/N-ethyl adjacent to an activating group) is 1. The fraction of sp³-hybridized carbons (Fsp3) is 0.667. The molecule has 19 heavy (non-hydrogen) atoms. The summed E-state index contributed by atoms with van der Waals surface area (Å²) in [6, 6.07) is 2.76. The van der Waals surface area contributed by atoms with E-state index >= 15 is 0 Å². The minimum atomic E-state index is 0.719. The maximum Gasteiger partial charge on any atom is 0.142 e. The number of hydrogen-bond acceptors (Lipinski definition) is 4. The Hall–Kier alpha value is -1.13. The van der Waals surface area contributed by atoms with Gasteiger partial charge in [0, 0.05) is 30.9 Å². The first-order valence-corrected chi connectivity index (χ1v) is 7.35. The second-order valence-corrected chi connectivity index (χ2v) is 5.01. The molecule has 0 radical (unpaired) electrons. The van der Waals surface area contributed by atoms with Crippen LogP contribution in [-0.2, 0) is 6.54 Å². The highest BCUT2D eigenvalue weighted by atomic mass is 16.5. The third kappa shape index (κ3) is 4.80. The van der Waals surface area contributed by atoms with E-state index in [-0.39, 0.29) is 0 Å². The smallest absolute Gasteiger partial charge is 0.142 e. The third-order valence-electron chi connectivity index (χ3n) is 3.59. The van der Waals surface area contributed by atoms with E-state index in [9.17, 15) is 0 Å². The van der Waals surface area contributed by atoms with E-state index < -0.39 is 0 Å². The molecule has 1 aromatic heterocycles. The Balaban J connectivity index is 1.80. The largest absolute Gasteiger partial charge is 0.490 e. The Kier molecular flexibility index (Phi) is 5.61. The monoisotopic (exact) mass is 263 g/mol. The first-order chi connectivity index (χ1) is 9.33. The summed E-state index contributed by atoms with van der Waals surface area (Å²) in [6.45, 7) is 9.08. The Morgan fingerprint density at radius 3 is 2.84 bits per heavy atom. The van der Waals surface area contributed by atoms with E-state index in [1.807, 2.05) is 18.5 Å². The van der Waals surface area contributed by atoms with Gasteiger partial charge < -0.3 is 15.0 Å². The highest BCUT2D eigenvalue weighted by Gasteiger charge is 2.20. The van der Waals surface area contributed by atoms with Gasteiger partial charge in [-0.3, -0.25) is 4.98 Å². The fourth-order valence-electron chi connectivity index (χ4n) is 2.05. The van der Waals surface area contributed by atoms with E-state index in [0.717, 1.165) is 44.6 Å². The van der Waals surface area contributed by atoms with Crippen molar-refractivity contribution in [2.24, 2.45) is 0 Å². The van der Waals surface area contributed by atoms with Crippen LogP contribution in [-0.4, -0.2) is 42.2 Å². The zero-order chi connectivity index (χ0) is 13.5. The first kappa shape index (κ1) is 14.3. The summed E-state index contributed by atoms with van der Waals surface area (Å²) in [5.41, 5.74) is 1.21. The van der Waals surface area contributed by atoms with Crippen LogP contribution in [0.5, 0.6) is 5.75 Å². The van der Waals surface area contributed by atoms with Crippen LogP contribution in [0.25, 0.3) is 0 Å². The molecular formula is C15H25N3O. The highest BCUT2D eigenvalue weighted by Crippen LogP contribution is 2.21. The summed E-state index contributed by atoms with van der Waals surface area (Å²) in [5.74, 6) is 0.919. The zero-order valence-corrected chi connectivity index (χ0v) is 12.1. The molecule has 1 aliphatic carbocycles. The Bertz CT molecular complexity index is 375. The van der Waals surface area contributed by atoms with Crippen molar-refractivity contribution < 1.29 is 4.74 Å². The number of pyridine rings is 1. The summed E-state index contributed by atoms with van der Waals surface area (Å²) >= 11 is 0. The summed E-state index contributed by atoms with van der Waals surface area (Å²) in [4.78, 5) is 6.52. The maximum atomic E-state index is 5.88. The molecule has 0 unspecified atom stereocenters.